The van der Waals surface area contributed by atoms with E-state index in [1.807, 2.05) is 25.1 Å². The minimum Gasteiger partial charge on any atom is -0.491 e. The number of anilines is 1. The highest BCUT2D eigenvalue weighted by Crippen LogP contribution is 2.27. The lowest BCUT2D eigenvalue weighted by Gasteiger charge is -2.13. The number of amides is 1. The average Bonchev–Trinajstić information content (AvgIpc) is 3.21. The molecule has 0 atom stereocenters. The zero-order valence-electron chi connectivity index (χ0n) is 20.8. The number of carbonyl (C=O) groups is 2. The Morgan fingerprint density at radius 1 is 1.00 bits per heavy atom. The van der Waals surface area contributed by atoms with Crippen molar-refractivity contribution < 1.29 is 19.4 Å². The summed E-state index contributed by atoms with van der Waals surface area (Å²) < 4.78 is 8.03. The molecular weight excluding hydrogens is 440 g/mol. The van der Waals surface area contributed by atoms with Gasteiger partial charge in [-0.2, -0.15) is 0 Å². The van der Waals surface area contributed by atoms with Crippen molar-refractivity contribution in [2.75, 3.05) is 11.9 Å². The first-order chi connectivity index (χ1) is 17.0. The van der Waals surface area contributed by atoms with Crippen molar-refractivity contribution in [2.24, 2.45) is 0 Å². The first-order valence-electron chi connectivity index (χ1n) is 12.5. The molecule has 1 aromatic heterocycles. The topological polar surface area (TPSA) is 80.6 Å². The smallest absolute Gasteiger partial charge is 0.303 e. The number of para-hydroxylation sites is 3. The maximum atomic E-state index is 12.9. The van der Waals surface area contributed by atoms with Crippen LogP contribution in [0.25, 0.3) is 16.5 Å². The number of rotatable bonds is 14. The molecule has 186 valence electrons. The van der Waals surface area contributed by atoms with Gasteiger partial charge in [0.15, 0.2) is 0 Å². The van der Waals surface area contributed by atoms with Gasteiger partial charge in [-0.3, -0.25) is 9.59 Å². The number of aromatic nitrogens is 1. The van der Waals surface area contributed by atoms with Crippen LogP contribution in [0, 0.1) is 0 Å². The number of benzene rings is 2. The summed E-state index contributed by atoms with van der Waals surface area (Å²) in [6, 6.07) is 17.7. The zero-order chi connectivity index (χ0) is 25.0. The van der Waals surface area contributed by atoms with Gasteiger partial charge in [0.1, 0.15) is 5.75 Å². The predicted molar refractivity (Wildman–Crippen MR) is 142 cm³/mol. The molecule has 0 saturated carbocycles. The molecule has 0 unspecified atom stereocenters. The summed E-state index contributed by atoms with van der Waals surface area (Å²) in [6.07, 6.45) is 8.13. The van der Waals surface area contributed by atoms with E-state index in [1.54, 1.807) is 18.2 Å². The molecule has 3 aromatic rings. The van der Waals surface area contributed by atoms with Gasteiger partial charge >= 0.3 is 5.97 Å². The van der Waals surface area contributed by atoms with E-state index in [4.69, 9.17) is 9.84 Å². The number of aryl methyl sites for hydroxylation is 1. The monoisotopic (exact) mass is 476 g/mol. The molecule has 2 N–H and O–H groups in total. The molecule has 0 aliphatic rings. The molecular formula is C29H36N2O4. The average molecular weight is 477 g/mol. The number of hydrogen-bond donors (Lipinski definition) is 2. The van der Waals surface area contributed by atoms with Crippen LogP contribution in [0.4, 0.5) is 5.69 Å². The molecule has 0 bridgehead atoms. The Hall–Kier alpha value is -3.54. The van der Waals surface area contributed by atoms with Crippen molar-refractivity contribution in [1.82, 2.24) is 4.57 Å². The molecule has 1 heterocycles. The number of hydrogen-bond acceptors (Lipinski definition) is 3. The van der Waals surface area contributed by atoms with Gasteiger partial charge in [0.25, 0.3) is 0 Å². The van der Waals surface area contributed by atoms with Crippen LogP contribution in [-0.4, -0.2) is 28.2 Å². The Bertz CT molecular complexity index is 1160. The van der Waals surface area contributed by atoms with Crippen molar-refractivity contribution in [3.05, 3.63) is 66.4 Å². The predicted octanol–water partition coefficient (Wildman–Crippen LogP) is 6.90. The van der Waals surface area contributed by atoms with Gasteiger partial charge in [-0.05, 0) is 49.6 Å². The number of allylic oxidation sites excluding steroid dienone is 1. The number of carbonyl (C=O) groups excluding carboxylic acids is 1. The largest absolute Gasteiger partial charge is 0.491 e. The number of unbranched alkanes of at least 4 members (excludes halogenated alkanes) is 4. The van der Waals surface area contributed by atoms with Gasteiger partial charge < -0.3 is 19.7 Å². The highest BCUT2D eigenvalue weighted by atomic mass is 16.5. The third kappa shape index (κ3) is 7.74. The van der Waals surface area contributed by atoms with Crippen molar-refractivity contribution in [3.63, 3.8) is 0 Å². The van der Waals surface area contributed by atoms with Gasteiger partial charge in [0, 0.05) is 35.6 Å². The molecule has 35 heavy (non-hydrogen) atoms. The second kappa shape index (κ2) is 13.4. The number of nitrogens with zero attached hydrogens (tertiary/aromatic N) is 1. The van der Waals surface area contributed by atoms with E-state index in [0.29, 0.717) is 17.9 Å². The van der Waals surface area contributed by atoms with E-state index in [2.05, 4.69) is 41.1 Å². The number of fused-ring (bicyclic) bond motifs is 1. The quantitative estimate of drug-likeness (QED) is 0.196. The van der Waals surface area contributed by atoms with Gasteiger partial charge in [-0.25, -0.2) is 0 Å². The Balaban J connectivity index is 1.72. The SMILES string of the molecule is CCCCCCCn1c(C(C)=CC(=O)Nc2ccccc2OCCCC(=O)O)cc2ccccc21. The lowest BCUT2D eigenvalue weighted by Crippen LogP contribution is -2.11. The Labute approximate surface area is 207 Å². The fourth-order valence-corrected chi connectivity index (χ4v) is 4.19. The van der Waals surface area contributed by atoms with E-state index >= 15 is 0 Å². The van der Waals surface area contributed by atoms with Gasteiger partial charge in [-0.15, -0.1) is 0 Å². The maximum Gasteiger partial charge on any atom is 0.303 e. The first kappa shape index (κ1) is 26.1. The lowest BCUT2D eigenvalue weighted by atomic mass is 10.1. The molecule has 1 amide bonds. The van der Waals surface area contributed by atoms with Crippen LogP contribution in [0.1, 0.15) is 64.5 Å². The van der Waals surface area contributed by atoms with E-state index < -0.39 is 5.97 Å². The fraction of sp³-hybridized carbons (Fsp3) is 0.379. The summed E-state index contributed by atoms with van der Waals surface area (Å²) in [5.74, 6) is -0.559. The number of carboxylic acid groups (broad SMARTS) is 1. The number of carboxylic acids is 1. The lowest BCUT2D eigenvalue weighted by molar-refractivity contribution is -0.137. The molecule has 0 radical (unpaired) electrons. The molecule has 0 spiro atoms. The molecule has 0 aliphatic carbocycles. The zero-order valence-corrected chi connectivity index (χ0v) is 20.8. The highest BCUT2D eigenvalue weighted by Gasteiger charge is 2.12. The van der Waals surface area contributed by atoms with E-state index in [9.17, 15) is 9.59 Å². The summed E-state index contributed by atoms with van der Waals surface area (Å²) in [5, 5.41) is 12.9. The molecule has 2 aromatic carbocycles. The highest BCUT2D eigenvalue weighted by molar-refractivity contribution is 6.05. The molecule has 0 saturated heterocycles. The summed E-state index contributed by atoms with van der Waals surface area (Å²) in [4.78, 5) is 23.6. The Morgan fingerprint density at radius 3 is 2.54 bits per heavy atom. The second-order valence-electron chi connectivity index (χ2n) is 8.81. The Morgan fingerprint density at radius 2 is 1.74 bits per heavy atom. The van der Waals surface area contributed by atoms with E-state index in [-0.39, 0.29) is 18.9 Å². The van der Waals surface area contributed by atoms with E-state index in [0.717, 1.165) is 24.2 Å². The van der Waals surface area contributed by atoms with Crippen LogP contribution in [-0.2, 0) is 16.1 Å². The molecule has 3 rings (SSSR count). The number of nitrogens with one attached hydrogen (secondary N) is 1. The van der Waals surface area contributed by atoms with Crippen LogP contribution in [0.15, 0.2) is 60.7 Å². The normalized spacial score (nSPS) is 11.5. The second-order valence-corrected chi connectivity index (χ2v) is 8.81. The fourth-order valence-electron chi connectivity index (χ4n) is 4.19. The van der Waals surface area contributed by atoms with Gasteiger partial charge in [0.05, 0.1) is 12.3 Å². The van der Waals surface area contributed by atoms with Crippen molar-refractivity contribution in [3.8, 4) is 5.75 Å². The minimum absolute atomic E-state index is 0.0447. The van der Waals surface area contributed by atoms with Crippen LogP contribution in [0.5, 0.6) is 5.75 Å². The summed E-state index contributed by atoms with van der Waals surface area (Å²) >= 11 is 0. The first-order valence-corrected chi connectivity index (χ1v) is 12.5. The summed E-state index contributed by atoms with van der Waals surface area (Å²) in [6.45, 7) is 5.38. The van der Waals surface area contributed by atoms with Crippen LogP contribution in [0.3, 0.4) is 0 Å². The molecule has 6 nitrogen and oxygen atoms in total. The van der Waals surface area contributed by atoms with Crippen LogP contribution < -0.4 is 10.1 Å². The summed E-state index contributed by atoms with van der Waals surface area (Å²) in [5.41, 5.74) is 3.70. The molecule has 0 aliphatic heterocycles. The van der Waals surface area contributed by atoms with Gasteiger partial charge in [-0.1, -0.05) is 62.9 Å². The molecule has 6 heteroatoms. The Kier molecular flexibility index (Phi) is 9.96. The van der Waals surface area contributed by atoms with Crippen molar-refractivity contribution >= 4 is 34.0 Å². The van der Waals surface area contributed by atoms with Crippen molar-refractivity contribution in [2.45, 2.75) is 65.3 Å². The number of ether oxygens (including phenoxy) is 1. The standard InChI is InChI=1S/C29H36N2O4/c1-3-4-5-6-11-18-31-25-15-9-7-13-23(25)21-26(31)22(2)20-28(32)30-24-14-8-10-16-27(24)35-19-12-17-29(33)34/h7-10,13-16,20-21H,3-6,11-12,17-19H2,1-2H3,(H,30,32)(H,33,34). The van der Waals surface area contributed by atoms with E-state index in [1.165, 1.54) is 36.6 Å². The third-order valence-corrected chi connectivity index (χ3v) is 5.98. The number of aliphatic carboxylic acids is 1. The maximum absolute atomic E-state index is 12.9. The molecule has 0 fully saturated rings. The van der Waals surface area contributed by atoms with Crippen LogP contribution in [0.2, 0.25) is 0 Å². The summed E-state index contributed by atoms with van der Waals surface area (Å²) in [7, 11) is 0. The van der Waals surface area contributed by atoms with Crippen LogP contribution >= 0.6 is 0 Å². The van der Waals surface area contributed by atoms with Crippen molar-refractivity contribution in [1.29, 1.82) is 0 Å². The third-order valence-electron chi connectivity index (χ3n) is 5.98. The van der Waals surface area contributed by atoms with Gasteiger partial charge in [0.2, 0.25) is 5.91 Å². The minimum atomic E-state index is -0.853.